The Morgan fingerprint density at radius 3 is 2.35 bits per heavy atom. The van der Waals surface area contributed by atoms with E-state index in [2.05, 4.69) is 58.4 Å². The second-order valence-corrected chi connectivity index (χ2v) is 6.80. The first-order valence-electron chi connectivity index (χ1n) is 7.29. The summed E-state index contributed by atoms with van der Waals surface area (Å²) in [6.07, 6.45) is 0. The van der Waals surface area contributed by atoms with Gasteiger partial charge in [0.15, 0.2) is 0 Å². The number of aryl methyl sites for hydroxylation is 2. The number of hydrogen-bond acceptors (Lipinski definition) is 3. The Morgan fingerprint density at radius 2 is 1.70 bits per heavy atom. The van der Waals surface area contributed by atoms with Gasteiger partial charge in [-0.15, -0.1) is 0 Å². The van der Waals surface area contributed by atoms with E-state index in [1.807, 2.05) is 0 Å². The molecule has 1 aliphatic heterocycles. The Balaban J connectivity index is 1.88. The average Bonchev–Trinajstić information content (AvgIpc) is 2.44. The van der Waals surface area contributed by atoms with Crippen molar-refractivity contribution in [3.63, 3.8) is 0 Å². The summed E-state index contributed by atoms with van der Waals surface area (Å²) < 4.78 is 6.52. The van der Waals surface area contributed by atoms with Gasteiger partial charge in [0.25, 0.3) is 0 Å². The van der Waals surface area contributed by atoms with Gasteiger partial charge in [-0.1, -0.05) is 6.07 Å². The molecule has 0 bridgehead atoms. The fourth-order valence-corrected chi connectivity index (χ4v) is 3.27. The van der Waals surface area contributed by atoms with Crippen LogP contribution in [0.3, 0.4) is 0 Å². The van der Waals surface area contributed by atoms with Gasteiger partial charge in [0.2, 0.25) is 0 Å². The van der Waals surface area contributed by atoms with Gasteiger partial charge in [-0.05, 0) is 59.2 Å². The van der Waals surface area contributed by atoms with E-state index in [0.717, 1.165) is 45.9 Å². The van der Waals surface area contributed by atoms with Gasteiger partial charge >= 0.3 is 0 Å². The quantitative estimate of drug-likeness (QED) is 0.722. The van der Waals surface area contributed by atoms with Gasteiger partial charge in [0, 0.05) is 49.9 Å². The van der Waals surface area contributed by atoms with Crippen LogP contribution in [0.5, 0.6) is 0 Å². The first-order chi connectivity index (χ1) is 9.60. The van der Waals surface area contributed by atoms with E-state index in [4.69, 9.17) is 4.74 Å². The number of hydrogen-bond donors (Lipinski definition) is 0. The van der Waals surface area contributed by atoms with Crippen molar-refractivity contribution >= 4 is 22.6 Å². The van der Waals surface area contributed by atoms with Gasteiger partial charge in [-0.25, -0.2) is 0 Å². The SMILES string of the molecule is COCCN1CCN(Cc2cc(C)c(I)cc2C)CC1. The molecule has 1 aromatic rings. The topological polar surface area (TPSA) is 15.7 Å². The van der Waals surface area contributed by atoms with Crippen molar-refractivity contribution in [2.45, 2.75) is 20.4 Å². The van der Waals surface area contributed by atoms with Crippen molar-refractivity contribution in [1.29, 1.82) is 0 Å². The van der Waals surface area contributed by atoms with Gasteiger partial charge < -0.3 is 4.74 Å². The molecule has 0 unspecified atom stereocenters. The maximum absolute atomic E-state index is 5.15. The predicted molar refractivity (Wildman–Crippen MR) is 92.2 cm³/mol. The Bertz CT molecular complexity index is 442. The number of benzene rings is 1. The lowest BCUT2D eigenvalue weighted by Gasteiger charge is -2.34. The predicted octanol–water partition coefficient (Wildman–Crippen LogP) is 2.67. The highest BCUT2D eigenvalue weighted by molar-refractivity contribution is 14.1. The molecule has 2 rings (SSSR count). The second-order valence-electron chi connectivity index (χ2n) is 5.64. The van der Waals surface area contributed by atoms with E-state index < -0.39 is 0 Å². The zero-order valence-electron chi connectivity index (χ0n) is 12.8. The molecule has 0 aromatic heterocycles. The van der Waals surface area contributed by atoms with Gasteiger partial charge in [-0.2, -0.15) is 0 Å². The number of halogens is 1. The molecule has 0 radical (unpaired) electrons. The average molecular weight is 388 g/mol. The van der Waals surface area contributed by atoms with Crippen molar-refractivity contribution in [3.8, 4) is 0 Å². The van der Waals surface area contributed by atoms with E-state index in [1.54, 1.807) is 7.11 Å². The molecule has 0 saturated carbocycles. The third-order valence-electron chi connectivity index (χ3n) is 4.09. The molecule has 1 fully saturated rings. The summed E-state index contributed by atoms with van der Waals surface area (Å²) in [6, 6.07) is 4.66. The highest BCUT2D eigenvalue weighted by Crippen LogP contribution is 2.19. The van der Waals surface area contributed by atoms with Crippen molar-refractivity contribution in [3.05, 3.63) is 32.4 Å². The lowest BCUT2D eigenvalue weighted by atomic mass is 10.0. The Morgan fingerprint density at radius 1 is 1.05 bits per heavy atom. The van der Waals surface area contributed by atoms with E-state index in [0.29, 0.717) is 0 Å². The summed E-state index contributed by atoms with van der Waals surface area (Å²) >= 11 is 2.42. The normalized spacial score (nSPS) is 17.6. The molecule has 4 heteroatoms. The molecule has 0 atom stereocenters. The summed E-state index contributed by atoms with van der Waals surface area (Å²) in [7, 11) is 1.78. The Labute approximate surface area is 136 Å². The van der Waals surface area contributed by atoms with E-state index >= 15 is 0 Å². The second kappa shape index (κ2) is 7.73. The fraction of sp³-hybridized carbons (Fsp3) is 0.625. The van der Waals surface area contributed by atoms with Crippen LogP contribution in [0.2, 0.25) is 0 Å². The molecule has 0 spiro atoms. The molecule has 112 valence electrons. The van der Waals surface area contributed by atoms with E-state index in [1.165, 1.54) is 20.3 Å². The number of ether oxygens (including phenoxy) is 1. The maximum Gasteiger partial charge on any atom is 0.0589 e. The van der Waals surface area contributed by atoms with Crippen LogP contribution < -0.4 is 0 Å². The molecule has 3 nitrogen and oxygen atoms in total. The molecular weight excluding hydrogens is 363 g/mol. The van der Waals surface area contributed by atoms with Crippen LogP contribution in [0.15, 0.2) is 12.1 Å². The highest BCUT2D eigenvalue weighted by atomic mass is 127. The summed E-state index contributed by atoms with van der Waals surface area (Å²) in [5, 5.41) is 0. The van der Waals surface area contributed by atoms with Crippen LogP contribution in [0, 0.1) is 17.4 Å². The van der Waals surface area contributed by atoms with E-state index in [-0.39, 0.29) is 0 Å². The molecule has 1 aliphatic rings. The monoisotopic (exact) mass is 388 g/mol. The van der Waals surface area contributed by atoms with Gasteiger partial charge in [-0.3, -0.25) is 9.80 Å². The van der Waals surface area contributed by atoms with Crippen LogP contribution in [0.1, 0.15) is 16.7 Å². The third-order valence-corrected chi connectivity index (χ3v) is 5.25. The van der Waals surface area contributed by atoms with Gasteiger partial charge in [0.1, 0.15) is 0 Å². The Kier molecular flexibility index (Phi) is 6.26. The molecule has 0 N–H and O–H groups in total. The number of methoxy groups -OCH3 is 1. The highest BCUT2D eigenvalue weighted by Gasteiger charge is 2.17. The minimum absolute atomic E-state index is 0.843. The minimum atomic E-state index is 0.843. The zero-order chi connectivity index (χ0) is 14.5. The maximum atomic E-state index is 5.15. The van der Waals surface area contributed by atoms with Crippen LogP contribution in [0.25, 0.3) is 0 Å². The standard InChI is InChI=1S/C16H25IN2O/c1-13-11-16(17)14(2)10-15(13)12-19-6-4-18(5-7-19)8-9-20-3/h10-11H,4-9,12H2,1-3H3. The van der Waals surface area contributed by atoms with Crippen LogP contribution in [-0.2, 0) is 11.3 Å². The molecule has 1 aromatic carbocycles. The van der Waals surface area contributed by atoms with Crippen molar-refractivity contribution in [2.75, 3.05) is 46.4 Å². The first-order valence-corrected chi connectivity index (χ1v) is 8.37. The Hall–Kier alpha value is -0.170. The first kappa shape index (κ1) is 16.2. The molecule has 1 heterocycles. The van der Waals surface area contributed by atoms with Crippen molar-refractivity contribution in [2.24, 2.45) is 0 Å². The number of rotatable bonds is 5. The van der Waals surface area contributed by atoms with Crippen LogP contribution in [0.4, 0.5) is 0 Å². The minimum Gasteiger partial charge on any atom is -0.383 e. The largest absolute Gasteiger partial charge is 0.383 e. The lowest BCUT2D eigenvalue weighted by Crippen LogP contribution is -2.46. The molecule has 0 amide bonds. The molecular formula is C16H25IN2O. The summed E-state index contributed by atoms with van der Waals surface area (Å²) in [5.41, 5.74) is 4.29. The lowest BCUT2D eigenvalue weighted by molar-refractivity contribution is 0.0937. The smallest absolute Gasteiger partial charge is 0.0589 e. The summed E-state index contributed by atoms with van der Waals surface area (Å²) in [4.78, 5) is 5.06. The third kappa shape index (κ3) is 4.41. The molecule has 20 heavy (non-hydrogen) atoms. The van der Waals surface area contributed by atoms with Crippen molar-refractivity contribution < 1.29 is 4.74 Å². The fourth-order valence-electron chi connectivity index (χ4n) is 2.64. The molecule has 1 saturated heterocycles. The van der Waals surface area contributed by atoms with E-state index in [9.17, 15) is 0 Å². The zero-order valence-corrected chi connectivity index (χ0v) is 14.9. The summed E-state index contributed by atoms with van der Waals surface area (Å²) in [6.45, 7) is 12.1. The van der Waals surface area contributed by atoms with Crippen LogP contribution in [-0.4, -0.2) is 56.2 Å². The van der Waals surface area contributed by atoms with Crippen molar-refractivity contribution in [1.82, 2.24) is 9.80 Å². The number of piperazine rings is 1. The summed E-state index contributed by atoms with van der Waals surface area (Å²) in [5.74, 6) is 0. The van der Waals surface area contributed by atoms with Gasteiger partial charge in [0.05, 0.1) is 6.61 Å². The molecule has 0 aliphatic carbocycles. The number of nitrogens with zero attached hydrogens (tertiary/aromatic N) is 2. The van der Waals surface area contributed by atoms with Crippen LogP contribution >= 0.6 is 22.6 Å².